The summed E-state index contributed by atoms with van der Waals surface area (Å²) in [4.78, 5) is 0. The van der Waals surface area contributed by atoms with Crippen LogP contribution < -0.4 is 5.30 Å². The maximum absolute atomic E-state index is 2.32. The molecule has 2 rings (SSSR count). The van der Waals surface area contributed by atoms with Crippen molar-refractivity contribution in [3.05, 3.63) is 29.8 Å². The monoisotopic (exact) mass is 150 g/mol. The second-order valence-electron chi connectivity index (χ2n) is 2.87. The average molecular weight is 150 g/mol. The van der Waals surface area contributed by atoms with Crippen molar-refractivity contribution in [2.45, 2.75) is 12.8 Å². The zero-order valence-electron chi connectivity index (χ0n) is 6.09. The summed E-state index contributed by atoms with van der Waals surface area (Å²) in [7, 11) is 1.06. The van der Waals surface area contributed by atoms with Gasteiger partial charge in [0.1, 0.15) is 0 Å². The molecule has 0 aliphatic carbocycles. The molecular formula is C9H11P. The third kappa shape index (κ3) is 0.876. The molecule has 0 radical (unpaired) electrons. The van der Waals surface area contributed by atoms with Crippen molar-refractivity contribution in [3.8, 4) is 0 Å². The predicted octanol–water partition coefficient (Wildman–Crippen LogP) is 2.11. The van der Waals surface area contributed by atoms with Gasteiger partial charge in [-0.25, -0.2) is 0 Å². The van der Waals surface area contributed by atoms with Crippen LogP contribution in [0, 0.1) is 0 Å². The first-order valence-electron chi connectivity index (χ1n) is 3.71. The summed E-state index contributed by atoms with van der Waals surface area (Å²) in [5.41, 5.74) is 1.58. The third-order valence-electron chi connectivity index (χ3n) is 2.09. The molecule has 2 atom stereocenters. The molecule has 1 aliphatic rings. The van der Waals surface area contributed by atoms with E-state index in [4.69, 9.17) is 0 Å². The van der Waals surface area contributed by atoms with E-state index >= 15 is 0 Å². The van der Waals surface area contributed by atoms with Crippen molar-refractivity contribution in [2.24, 2.45) is 0 Å². The van der Waals surface area contributed by atoms with E-state index in [9.17, 15) is 0 Å². The Labute approximate surface area is 63.4 Å². The van der Waals surface area contributed by atoms with Crippen LogP contribution in [0.3, 0.4) is 0 Å². The molecule has 0 saturated carbocycles. The largest absolute Gasteiger partial charge is 0.0895 e. The van der Waals surface area contributed by atoms with Gasteiger partial charge in [-0.3, -0.25) is 0 Å². The van der Waals surface area contributed by atoms with Gasteiger partial charge in [0.15, 0.2) is 0 Å². The molecular weight excluding hydrogens is 139 g/mol. The molecule has 52 valence electrons. The van der Waals surface area contributed by atoms with Crippen LogP contribution in [0.25, 0.3) is 0 Å². The van der Waals surface area contributed by atoms with Crippen molar-refractivity contribution in [2.75, 3.05) is 6.16 Å². The topological polar surface area (TPSA) is 0 Å². The van der Waals surface area contributed by atoms with Crippen LogP contribution >= 0.6 is 8.58 Å². The van der Waals surface area contributed by atoms with Gasteiger partial charge >= 0.3 is 0 Å². The number of hydrogen-bond acceptors (Lipinski definition) is 0. The van der Waals surface area contributed by atoms with Gasteiger partial charge in [0.2, 0.25) is 0 Å². The van der Waals surface area contributed by atoms with Crippen molar-refractivity contribution in [1.29, 1.82) is 0 Å². The van der Waals surface area contributed by atoms with Gasteiger partial charge in [-0.2, -0.15) is 0 Å². The van der Waals surface area contributed by atoms with E-state index < -0.39 is 0 Å². The van der Waals surface area contributed by atoms with Crippen LogP contribution in [-0.4, -0.2) is 6.16 Å². The molecule has 0 aromatic heterocycles. The highest BCUT2D eigenvalue weighted by Gasteiger charge is 2.16. The quantitative estimate of drug-likeness (QED) is 0.497. The Hall–Kier alpha value is -0.350. The van der Waals surface area contributed by atoms with Gasteiger partial charge in [0.25, 0.3) is 0 Å². The lowest BCUT2D eigenvalue weighted by atomic mass is 10.0. The fraction of sp³-hybridized carbons (Fsp3) is 0.333. The summed E-state index contributed by atoms with van der Waals surface area (Å²) in [6.07, 6.45) is 1.37. The SMILES string of the molecule is CC1CPc2ccccc21. The minimum Gasteiger partial charge on any atom is -0.0895 e. The number of hydrogen-bond donors (Lipinski definition) is 0. The van der Waals surface area contributed by atoms with E-state index in [1.54, 1.807) is 10.9 Å². The van der Waals surface area contributed by atoms with E-state index in [1.807, 2.05) is 0 Å². The van der Waals surface area contributed by atoms with E-state index in [1.165, 1.54) is 6.16 Å². The molecule has 2 unspecified atom stereocenters. The maximum Gasteiger partial charge on any atom is -0.0144 e. The van der Waals surface area contributed by atoms with Crippen LogP contribution in [0.1, 0.15) is 18.4 Å². The van der Waals surface area contributed by atoms with Crippen molar-refractivity contribution in [3.63, 3.8) is 0 Å². The normalized spacial score (nSPS) is 25.1. The lowest BCUT2D eigenvalue weighted by molar-refractivity contribution is 0.901. The highest BCUT2D eigenvalue weighted by molar-refractivity contribution is 7.48. The molecule has 1 aromatic rings. The Balaban J connectivity index is 2.51. The van der Waals surface area contributed by atoms with Crippen LogP contribution in [0.5, 0.6) is 0 Å². The molecule has 1 aromatic carbocycles. The first kappa shape index (κ1) is 6.37. The molecule has 0 amide bonds. The molecule has 0 nitrogen and oxygen atoms in total. The molecule has 10 heavy (non-hydrogen) atoms. The van der Waals surface area contributed by atoms with Crippen LogP contribution in [0.15, 0.2) is 24.3 Å². The number of rotatable bonds is 0. The first-order chi connectivity index (χ1) is 4.88. The molecule has 1 aliphatic heterocycles. The second-order valence-corrected chi connectivity index (χ2v) is 4.17. The van der Waals surface area contributed by atoms with Gasteiger partial charge in [0.05, 0.1) is 0 Å². The zero-order chi connectivity index (χ0) is 6.97. The third-order valence-corrected chi connectivity index (χ3v) is 3.74. The predicted molar refractivity (Wildman–Crippen MR) is 47.7 cm³/mol. The summed E-state index contributed by atoms with van der Waals surface area (Å²) in [6.45, 7) is 2.32. The van der Waals surface area contributed by atoms with Crippen molar-refractivity contribution < 1.29 is 0 Å². The molecule has 1 heterocycles. The number of fused-ring (bicyclic) bond motifs is 1. The van der Waals surface area contributed by atoms with Crippen LogP contribution in [0.4, 0.5) is 0 Å². The Bertz CT molecular complexity index is 242. The maximum atomic E-state index is 2.32. The van der Waals surface area contributed by atoms with Gasteiger partial charge < -0.3 is 0 Å². The minimum absolute atomic E-state index is 0.814. The zero-order valence-corrected chi connectivity index (χ0v) is 7.09. The Kier molecular flexibility index (Phi) is 1.50. The summed E-state index contributed by atoms with van der Waals surface area (Å²) >= 11 is 0. The van der Waals surface area contributed by atoms with E-state index in [0.29, 0.717) is 0 Å². The second kappa shape index (κ2) is 2.36. The summed E-state index contributed by atoms with van der Waals surface area (Å²) < 4.78 is 0. The number of benzene rings is 1. The molecule has 0 saturated heterocycles. The van der Waals surface area contributed by atoms with Crippen molar-refractivity contribution >= 4 is 13.9 Å². The summed E-state index contributed by atoms with van der Waals surface area (Å²) in [5.74, 6) is 0.814. The Morgan fingerprint density at radius 1 is 1.40 bits per heavy atom. The fourth-order valence-electron chi connectivity index (χ4n) is 1.46. The molecule has 1 heteroatoms. The molecule has 0 bridgehead atoms. The van der Waals surface area contributed by atoms with Gasteiger partial charge in [0, 0.05) is 0 Å². The lowest BCUT2D eigenvalue weighted by Crippen LogP contribution is -1.97. The van der Waals surface area contributed by atoms with E-state index in [0.717, 1.165) is 14.5 Å². The minimum atomic E-state index is 0.814. The van der Waals surface area contributed by atoms with Gasteiger partial charge in [-0.15, -0.1) is 0 Å². The van der Waals surface area contributed by atoms with Crippen molar-refractivity contribution in [1.82, 2.24) is 0 Å². The van der Waals surface area contributed by atoms with Crippen LogP contribution in [-0.2, 0) is 0 Å². The molecule has 0 N–H and O–H groups in total. The summed E-state index contributed by atoms with van der Waals surface area (Å²) in [6, 6.07) is 8.81. The van der Waals surface area contributed by atoms with E-state index in [-0.39, 0.29) is 0 Å². The van der Waals surface area contributed by atoms with Gasteiger partial charge in [-0.1, -0.05) is 39.8 Å². The standard InChI is InChI=1S/C9H11P/c1-7-6-10-9-5-3-2-4-8(7)9/h2-5,7,10H,6H2,1H3. The fourth-order valence-corrected chi connectivity index (χ4v) is 2.95. The van der Waals surface area contributed by atoms with Crippen LogP contribution in [0.2, 0.25) is 0 Å². The molecule has 0 fully saturated rings. The lowest BCUT2D eigenvalue weighted by Gasteiger charge is -2.00. The molecule has 0 spiro atoms. The Morgan fingerprint density at radius 3 is 3.00 bits per heavy atom. The van der Waals surface area contributed by atoms with E-state index in [2.05, 4.69) is 31.2 Å². The van der Waals surface area contributed by atoms with Gasteiger partial charge in [-0.05, 0) is 22.9 Å². The smallest absolute Gasteiger partial charge is 0.0144 e. The highest BCUT2D eigenvalue weighted by atomic mass is 31.1. The first-order valence-corrected chi connectivity index (χ1v) is 4.91. The summed E-state index contributed by atoms with van der Waals surface area (Å²) in [5, 5.41) is 1.59. The highest BCUT2D eigenvalue weighted by Crippen LogP contribution is 2.32. The Morgan fingerprint density at radius 2 is 2.20 bits per heavy atom. The average Bonchev–Trinajstić information content (AvgIpc) is 2.34.